The summed E-state index contributed by atoms with van der Waals surface area (Å²) in [7, 11) is 1.93. The second kappa shape index (κ2) is 4.72. The molecule has 2 heterocycles. The fourth-order valence-corrected chi connectivity index (χ4v) is 2.75. The van der Waals surface area contributed by atoms with E-state index in [1.54, 1.807) is 0 Å². The van der Waals surface area contributed by atoms with Crippen molar-refractivity contribution in [2.45, 2.75) is 32.2 Å². The molecule has 0 aromatic rings. The molecule has 4 heteroatoms. The van der Waals surface area contributed by atoms with Gasteiger partial charge < -0.3 is 15.0 Å². The van der Waals surface area contributed by atoms with Crippen LogP contribution in [0.25, 0.3) is 0 Å². The van der Waals surface area contributed by atoms with E-state index in [4.69, 9.17) is 4.74 Å². The fourth-order valence-electron chi connectivity index (χ4n) is 2.75. The molecule has 1 amide bonds. The van der Waals surface area contributed by atoms with Crippen LogP contribution in [0.2, 0.25) is 0 Å². The summed E-state index contributed by atoms with van der Waals surface area (Å²) < 4.78 is 5.35. The highest BCUT2D eigenvalue weighted by Gasteiger charge is 2.42. The fraction of sp³-hybridized carbons (Fsp3) is 0.917. The van der Waals surface area contributed by atoms with Crippen LogP contribution in [0.3, 0.4) is 0 Å². The average Bonchev–Trinajstić information content (AvgIpc) is 2.98. The maximum absolute atomic E-state index is 12.5. The molecular weight excluding hydrogens is 204 g/mol. The molecule has 2 atom stereocenters. The van der Waals surface area contributed by atoms with Crippen molar-refractivity contribution in [1.82, 2.24) is 10.2 Å². The van der Waals surface area contributed by atoms with Crippen LogP contribution in [0.5, 0.6) is 0 Å². The van der Waals surface area contributed by atoms with Crippen molar-refractivity contribution in [2.75, 3.05) is 33.4 Å². The van der Waals surface area contributed by atoms with E-state index in [0.29, 0.717) is 12.5 Å². The highest BCUT2D eigenvalue weighted by molar-refractivity contribution is 5.83. The van der Waals surface area contributed by atoms with Crippen molar-refractivity contribution in [2.24, 2.45) is 5.41 Å². The van der Waals surface area contributed by atoms with Crippen LogP contribution in [0, 0.1) is 5.41 Å². The number of ether oxygens (including phenoxy) is 1. The molecule has 2 unspecified atom stereocenters. The first kappa shape index (κ1) is 11.9. The summed E-state index contributed by atoms with van der Waals surface area (Å²) in [5.41, 5.74) is -0.155. The number of nitrogens with one attached hydrogen (secondary N) is 1. The minimum absolute atomic E-state index is 0.155. The molecule has 0 aromatic heterocycles. The van der Waals surface area contributed by atoms with Crippen molar-refractivity contribution in [3.8, 4) is 0 Å². The minimum atomic E-state index is -0.155. The second-order valence-corrected chi connectivity index (χ2v) is 4.99. The minimum Gasteiger partial charge on any atom is -0.379 e. The van der Waals surface area contributed by atoms with Gasteiger partial charge in [-0.3, -0.25) is 4.79 Å². The number of hydrogen-bond donors (Lipinski definition) is 1. The summed E-state index contributed by atoms with van der Waals surface area (Å²) in [4.78, 5) is 14.4. The molecule has 0 spiro atoms. The number of hydrogen-bond acceptors (Lipinski definition) is 3. The molecule has 2 rings (SSSR count). The van der Waals surface area contributed by atoms with E-state index in [0.717, 1.165) is 39.0 Å². The first-order valence-corrected chi connectivity index (χ1v) is 6.25. The second-order valence-electron chi connectivity index (χ2n) is 4.99. The van der Waals surface area contributed by atoms with E-state index in [9.17, 15) is 4.79 Å². The third-order valence-electron chi connectivity index (χ3n) is 4.15. The lowest BCUT2D eigenvalue weighted by Crippen LogP contribution is -2.47. The van der Waals surface area contributed by atoms with Gasteiger partial charge in [-0.05, 0) is 25.8 Å². The lowest BCUT2D eigenvalue weighted by Gasteiger charge is -2.33. The van der Waals surface area contributed by atoms with E-state index in [1.807, 2.05) is 11.9 Å². The molecule has 0 aromatic carbocycles. The Balaban J connectivity index is 2.04. The Hall–Kier alpha value is -0.610. The van der Waals surface area contributed by atoms with E-state index >= 15 is 0 Å². The largest absolute Gasteiger partial charge is 0.379 e. The van der Waals surface area contributed by atoms with Crippen LogP contribution in [-0.2, 0) is 9.53 Å². The van der Waals surface area contributed by atoms with Crippen molar-refractivity contribution in [1.29, 1.82) is 0 Å². The third-order valence-corrected chi connectivity index (χ3v) is 4.15. The molecule has 0 saturated carbocycles. The molecule has 92 valence electrons. The molecule has 0 aliphatic carbocycles. The summed E-state index contributed by atoms with van der Waals surface area (Å²) >= 11 is 0. The SMILES string of the molecule is CCC1(C(=O)N(C)C2CCOC2)CCNC1. The zero-order chi connectivity index (χ0) is 11.6. The van der Waals surface area contributed by atoms with Gasteiger partial charge >= 0.3 is 0 Å². The number of amides is 1. The van der Waals surface area contributed by atoms with Gasteiger partial charge in [0.15, 0.2) is 0 Å². The Kier molecular flexibility index (Phi) is 3.50. The first-order valence-electron chi connectivity index (χ1n) is 6.25. The summed E-state index contributed by atoms with van der Waals surface area (Å²) in [6, 6.07) is 0.288. The molecule has 1 N–H and O–H groups in total. The van der Waals surface area contributed by atoms with Gasteiger partial charge in [-0.25, -0.2) is 0 Å². The molecule has 2 saturated heterocycles. The summed E-state index contributed by atoms with van der Waals surface area (Å²) in [6.45, 7) is 5.41. The standard InChI is InChI=1S/C12H22N2O2/c1-3-12(5-6-13-9-12)11(15)14(2)10-4-7-16-8-10/h10,13H,3-9H2,1-2H3. The number of carbonyl (C=O) groups is 1. The van der Waals surface area contributed by atoms with Crippen LogP contribution in [0.1, 0.15) is 26.2 Å². The monoisotopic (exact) mass is 226 g/mol. The molecular formula is C12H22N2O2. The van der Waals surface area contributed by atoms with Crippen LogP contribution >= 0.6 is 0 Å². The lowest BCUT2D eigenvalue weighted by atomic mass is 9.82. The summed E-state index contributed by atoms with van der Waals surface area (Å²) in [5.74, 6) is 0.301. The van der Waals surface area contributed by atoms with Crippen molar-refractivity contribution >= 4 is 5.91 Å². The van der Waals surface area contributed by atoms with Gasteiger partial charge in [-0.1, -0.05) is 6.92 Å². The number of rotatable bonds is 3. The number of likely N-dealkylation sites (N-methyl/N-ethyl adjacent to an activating group) is 1. The van der Waals surface area contributed by atoms with Gasteiger partial charge in [0.05, 0.1) is 18.1 Å². The van der Waals surface area contributed by atoms with Crippen LogP contribution in [0.4, 0.5) is 0 Å². The van der Waals surface area contributed by atoms with Crippen molar-refractivity contribution < 1.29 is 9.53 Å². The Morgan fingerprint density at radius 1 is 1.62 bits per heavy atom. The highest BCUT2D eigenvalue weighted by atomic mass is 16.5. The smallest absolute Gasteiger partial charge is 0.230 e. The van der Waals surface area contributed by atoms with Crippen LogP contribution in [-0.4, -0.2) is 50.2 Å². The molecule has 4 nitrogen and oxygen atoms in total. The van der Waals surface area contributed by atoms with Crippen molar-refractivity contribution in [3.63, 3.8) is 0 Å². The molecule has 0 bridgehead atoms. The third kappa shape index (κ3) is 1.96. The summed E-state index contributed by atoms with van der Waals surface area (Å²) in [6.07, 6.45) is 2.88. The predicted molar refractivity (Wildman–Crippen MR) is 62.2 cm³/mol. The molecule has 2 aliphatic heterocycles. The number of nitrogens with zero attached hydrogens (tertiary/aromatic N) is 1. The van der Waals surface area contributed by atoms with E-state index < -0.39 is 0 Å². The van der Waals surface area contributed by atoms with E-state index in [-0.39, 0.29) is 11.5 Å². The molecule has 2 fully saturated rings. The van der Waals surface area contributed by atoms with Crippen LogP contribution < -0.4 is 5.32 Å². The van der Waals surface area contributed by atoms with Gasteiger partial charge in [0.25, 0.3) is 0 Å². The topological polar surface area (TPSA) is 41.6 Å². The Morgan fingerprint density at radius 3 is 2.94 bits per heavy atom. The maximum atomic E-state index is 12.5. The van der Waals surface area contributed by atoms with Gasteiger partial charge in [0.1, 0.15) is 0 Å². The van der Waals surface area contributed by atoms with Crippen LogP contribution in [0.15, 0.2) is 0 Å². The van der Waals surface area contributed by atoms with Gasteiger partial charge in [-0.15, -0.1) is 0 Å². The quantitative estimate of drug-likeness (QED) is 0.767. The normalized spacial score (nSPS) is 34.2. The number of carbonyl (C=O) groups excluding carboxylic acids is 1. The highest BCUT2D eigenvalue weighted by Crippen LogP contribution is 2.32. The first-order chi connectivity index (χ1) is 7.69. The van der Waals surface area contributed by atoms with Crippen molar-refractivity contribution in [3.05, 3.63) is 0 Å². The molecule has 2 aliphatic rings. The Bertz CT molecular complexity index is 256. The van der Waals surface area contributed by atoms with Gasteiger partial charge in [0, 0.05) is 20.2 Å². The predicted octanol–water partition coefficient (Wildman–Crippen LogP) is 0.623. The maximum Gasteiger partial charge on any atom is 0.230 e. The average molecular weight is 226 g/mol. The zero-order valence-corrected chi connectivity index (χ0v) is 10.3. The van der Waals surface area contributed by atoms with Gasteiger partial charge in [-0.2, -0.15) is 0 Å². The summed E-state index contributed by atoms with van der Waals surface area (Å²) in [5, 5.41) is 3.31. The molecule has 16 heavy (non-hydrogen) atoms. The zero-order valence-electron chi connectivity index (χ0n) is 10.3. The Labute approximate surface area is 97.3 Å². The van der Waals surface area contributed by atoms with E-state index in [2.05, 4.69) is 12.2 Å². The van der Waals surface area contributed by atoms with E-state index in [1.165, 1.54) is 0 Å². The molecule has 0 radical (unpaired) electrons. The van der Waals surface area contributed by atoms with Gasteiger partial charge in [0.2, 0.25) is 5.91 Å². The Morgan fingerprint density at radius 2 is 2.44 bits per heavy atom. The lowest BCUT2D eigenvalue weighted by molar-refractivity contribution is -0.142.